The van der Waals surface area contributed by atoms with Crippen LogP contribution in [0.15, 0.2) is 12.5 Å². The lowest BCUT2D eigenvalue weighted by atomic mass is 9.98. The number of hydrogen-bond donors (Lipinski definition) is 7. The van der Waals surface area contributed by atoms with Crippen LogP contribution in [0.2, 0.25) is 0 Å². The molecule has 1 rings (SSSR count). The summed E-state index contributed by atoms with van der Waals surface area (Å²) in [5, 5.41) is 17.0. The summed E-state index contributed by atoms with van der Waals surface area (Å²) in [5.74, 6) is -4.67. The van der Waals surface area contributed by atoms with Crippen molar-refractivity contribution < 1.29 is 29.1 Å². The second-order valence-electron chi connectivity index (χ2n) is 8.89. The van der Waals surface area contributed by atoms with E-state index in [1.54, 1.807) is 27.7 Å². The molecule has 5 unspecified atom stereocenters. The van der Waals surface area contributed by atoms with E-state index in [2.05, 4.69) is 25.9 Å². The molecule has 0 radical (unpaired) electrons. The molecule has 1 heterocycles. The lowest BCUT2D eigenvalue weighted by Gasteiger charge is -2.27. The molecule has 1 aromatic heterocycles. The number of primary amides is 1. The van der Waals surface area contributed by atoms with E-state index in [4.69, 9.17) is 11.5 Å². The first-order valence-corrected chi connectivity index (χ1v) is 11.5. The van der Waals surface area contributed by atoms with Crippen LogP contribution in [0.25, 0.3) is 0 Å². The van der Waals surface area contributed by atoms with Gasteiger partial charge in [0.1, 0.15) is 18.1 Å². The molecule has 0 aliphatic rings. The van der Waals surface area contributed by atoms with E-state index in [-0.39, 0.29) is 31.1 Å². The van der Waals surface area contributed by atoms with Gasteiger partial charge in [0.2, 0.25) is 23.6 Å². The maximum Gasteiger partial charge on any atom is 0.326 e. The van der Waals surface area contributed by atoms with Crippen LogP contribution >= 0.6 is 0 Å². The van der Waals surface area contributed by atoms with Gasteiger partial charge in [0.25, 0.3) is 0 Å². The molecule has 13 nitrogen and oxygen atoms in total. The van der Waals surface area contributed by atoms with Crippen LogP contribution < -0.4 is 27.4 Å². The predicted molar refractivity (Wildman–Crippen MR) is 126 cm³/mol. The molecular weight excluding hydrogens is 458 g/mol. The minimum absolute atomic E-state index is 0.141. The van der Waals surface area contributed by atoms with Gasteiger partial charge >= 0.3 is 5.97 Å². The Morgan fingerprint density at radius 3 is 2.14 bits per heavy atom. The fourth-order valence-corrected chi connectivity index (χ4v) is 3.28. The van der Waals surface area contributed by atoms with E-state index in [0.717, 1.165) is 0 Å². The van der Waals surface area contributed by atoms with Crippen molar-refractivity contribution in [1.29, 1.82) is 0 Å². The maximum absolute atomic E-state index is 13.0. The van der Waals surface area contributed by atoms with Crippen molar-refractivity contribution in [1.82, 2.24) is 25.9 Å². The van der Waals surface area contributed by atoms with E-state index in [1.165, 1.54) is 12.5 Å². The number of nitrogens with one attached hydrogen (secondary N) is 4. The van der Waals surface area contributed by atoms with Crippen LogP contribution in [0.4, 0.5) is 0 Å². The van der Waals surface area contributed by atoms with Gasteiger partial charge in [-0.2, -0.15) is 0 Å². The SMILES string of the molecule is CCC(C)C(NC(=O)C(CCC(N)=O)NC(=O)C(NC(=O)C(N)Cc1cnc[nH]1)C(C)C)C(=O)O. The number of rotatable bonds is 15. The molecule has 0 bridgehead atoms. The van der Waals surface area contributed by atoms with Crippen LogP contribution in [0.3, 0.4) is 0 Å². The highest BCUT2D eigenvalue weighted by Gasteiger charge is 2.33. The van der Waals surface area contributed by atoms with Crippen LogP contribution in [-0.2, 0) is 30.4 Å². The molecule has 13 heteroatoms. The molecule has 0 aliphatic carbocycles. The van der Waals surface area contributed by atoms with Crippen molar-refractivity contribution in [2.45, 2.75) is 77.5 Å². The average molecular weight is 496 g/mol. The van der Waals surface area contributed by atoms with Crippen molar-refractivity contribution in [3.05, 3.63) is 18.2 Å². The lowest BCUT2D eigenvalue weighted by molar-refractivity contribution is -0.144. The second-order valence-corrected chi connectivity index (χ2v) is 8.89. The van der Waals surface area contributed by atoms with Crippen molar-refractivity contribution >= 4 is 29.6 Å². The maximum atomic E-state index is 13.0. The summed E-state index contributed by atoms with van der Waals surface area (Å²) in [4.78, 5) is 68.1. The highest BCUT2D eigenvalue weighted by atomic mass is 16.4. The van der Waals surface area contributed by atoms with Crippen molar-refractivity contribution in [3.8, 4) is 0 Å². The van der Waals surface area contributed by atoms with Gasteiger partial charge in [0.15, 0.2) is 0 Å². The number of amides is 4. The third-order valence-electron chi connectivity index (χ3n) is 5.67. The molecule has 5 atom stereocenters. The first-order valence-electron chi connectivity index (χ1n) is 11.5. The smallest absolute Gasteiger partial charge is 0.326 e. The minimum atomic E-state index is -1.24. The van der Waals surface area contributed by atoms with Gasteiger partial charge in [-0.1, -0.05) is 34.1 Å². The minimum Gasteiger partial charge on any atom is -0.480 e. The van der Waals surface area contributed by atoms with Crippen molar-refractivity contribution in [2.75, 3.05) is 0 Å². The van der Waals surface area contributed by atoms with E-state index in [9.17, 15) is 29.1 Å². The predicted octanol–water partition coefficient (Wildman–Crippen LogP) is -1.21. The van der Waals surface area contributed by atoms with Gasteiger partial charge in [0.05, 0.1) is 12.4 Å². The van der Waals surface area contributed by atoms with Crippen LogP contribution in [0.5, 0.6) is 0 Å². The Morgan fingerprint density at radius 1 is 1.03 bits per heavy atom. The zero-order valence-electron chi connectivity index (χ0n) is 20.5. The summed E-state index contributed by atoms with van der Waals surface area (Å²) >= 11 is 0. The molecule has 35 heavy (non-hydrogen) atoms. The number of nitrogens with zero attached hydrogens (tertiary/aromatic N) is 1. The van der Waals surface area contributed by atoms with Gasteiger partial charge in [-0.05, 0) is 18.3 Å². The Balaban J connectivity index is 2.96. The number of aromatic amines is 1. The summed E-state index contributed by atoms with van der Waals surface area (Å²) in [6, 6.07) is -4.41. The fraction of sp³-hybridized carbons (Fsp3) is 0.636. The Labute approximate surface area is 204 Å². The molecule has 0 spiro atoms. The van der Waals surface area contributed by atoms with Crippen LogP contribution in [0.1, 0.15) is 52.7 Å². The molecule has 4 amide bonds. The third-order valence-corrected chi connectivity index (χ3v) is 5.67. The number of aromatic nitrogens is 2. The largest absolute Gasteiger partial charge is 0.480 e. The average Bonchev–Trinajstić information content (AvgIpc) is 3.29. The van der Waals surface area contributed by atoms with Gasteiger partial charge in [-0.3, -0.25) is 19.2 Å². The summed E-state index contributed by atoms with van der Waals surface area (Å²) in [7, 11) is 0. The molecule has 196 valence electrons. The normalized spacial score (nSPS) is 15.4. The fourth-order valence-electron chi connectivity index (χ4n) is 3.28. The van der Waals surface area contributed by atoms with Crippen molar-refractivity contribution in [2.24, 2.45) is 23.3 Å². The van der Waals surface area contributed by atoms with E-state index < -0.39 is 53.8 Å². The van der Waals surface area contributed by atoms with Crippen molar-refractivity contribution in [3.63, 3.8) is 0 Å². The monoisotopic (exact) mass is 495 g/mol. The van der Waals surface area contributed by atoms with Gasteiger partial charge < -0.3 is 37.5 Å². The molecule has 0 aliphatic heterocycles. The van der Waals surface area contributed by atoms with E-state index in [0.29, 0.717) is 12.1 Å². The van der Waals surface area contributed by atoms with E-state index in [1.807, 2.05) is 0 Å². The molecule has 0 saturated heterocycles. The molecule has 1 aromatic rings. The zero-order valence-corrected chi connectivity index (χ0v) is 20.5. The number of aliphatic carboxylic acids is 1. The number of H-pyrrole nitrogens is 1. The summed E-state index contributed by atoms with van der Waals surface area (Å²) in [6.45, 7) is 6.86. The van der Waals surface area contributed by atoms with Gasteiger partial charge in [-0.25, -0.2) is 9.78 Å². The number of hydrogen-bond acceptors (Lipinski definition) is 7. The Bertz CT molecular complexity index is 874. The summed E-state index contributed by atoms with van der Waals surface area (Å²) in [5.41, 5.74) is 11.8. The Hall–Kier alpha value is -3.48. The molecule has 0 aromatic carbocycles. The first-order chi connectivity index (χ1) is 16.4. The van der Waals surface area contributed by atoms with Gasteiger partial charge in [-0.15, -0.1) is 0 Å². The highest BCUT2D eigenvalue weighted by molar-refractivity contribution is 5.94. The lowest BCUT2D eigenvalue weighted by Crippen LogP contribution is -2.59. The van der Waals surface area contributed by atoms with E-state index >= 15 is 0 Å². The molecule has 9 N–H and O–H groups in total. The number of carbonyl (C=O) groups excluding carboxylic acids is 4. The second kappa shape index (κ2) is 14.0. The standard InChI is InChI=1S/C22H37N7O6/c1-5-12(4)18(22(34)35)29-20(32)15(6-7-16(24)30)27-21(33)17(11(2)3)28-19(31)14(23)8-13-9-25-10-26-13/h9-12,14-15,17-18H,5-8,23H2,1-4H3,(H2,24,30)(H,25,26)(H,27,33)(H,28,31)(H,29,32)(H,34,35). The van der Waals surface area contributed by atoms with Crippen LogP contribution in [0, 0.1) is 11.8 Å². The Kier molecular flexibility index (Phi) is 11.9. The zero-order chi connectivity index (χ0) is 26.7. The highest BCUT2D eigenvalue weighted by Crippen LogP contribution is 2.10. The number of carbonyl (C=O) groups is 5. The summed E-state index contributed by atoms with van der Waals surface area (Å²) < 4.78 is 0. The quantitative estimate of drug-likeness (QED) is 0.156. The number of carboxylic acids is 1. The number of imidazole rings is 1. The molecular formula is C22H37N7O6. The number of carboxylic acid groups (broad SMARTS) is 1. The number of nitrogens with two attached hydrogens (primary N) is 2. The molecule has 0 fully saturated rings. The Morgan fingerprint density at radius 2 is 1.66 bits per heavy atom. The molecule has 0 saturated carbocycles. The third kappa shape index (κ3) is 9.73. The van der Waals surface area contributed by atoms with Gasteiger partial charge in [0, 0.05) is 24.7 Å². The first kappa shape index (κ1) is 29.6. The topological polar surface area (TPSA) is 222 Å². The van der Waals surface area contributed by atoms with Crippen LogP contribution in [-0.4, -0.2) is 68.8 Å². The summed E-state index contributed by atoms with van der Waals surface area (Å²) in [6.07, 6.45) is 3.30.